The standard InChI is InChI=1S/C14H18BrNO3/c1-4-13(17)16-11-7-6-10(14(18)9(3)15)8-12(11)19-5-2/h6-9H,4-5H2,1-3H3,(H,16,17). The quantitative estimate of drug-likeness (QED) is 0.643. The molecule has 0 heterocycles. The van der Waals surface area contributed by atoms with Crippen molar-refractivity contribution in [2.45, 2.75) is 32.0 Å². The van der Waals surface area contributed by atoms with Crippen LogP contribution < -0.4 is 10.1 Å². The summed E-state index contributed by atoms with van der Waals surface area (Å²) in [6.45, 7) is 5.87. The molecule has 1 aromatic carbocycles. The number of amides is 1. The second kappa shape index (κ2) is 7.28. The molecule has 0 bridgehead atoms. The summed E-state index contributed by atoms with van der Waals surface area (Å²) in [6, 6.07) is 5.05. The van der Waals surface area contributed by atoms with E-state index in [1.54, 1.807) is 32.0 Å². The van der Waals surface area contributed by atoms with Crippen LogP contribution in [-0.4, -0.2) is 23.1 Å². The molecule has 0 aliphatic rings. The van der Waals surface area contributed by atoms with Gasteiger partial charge in [0, 0.05) is 12.0 Å². The molecule has 1 aromatic rings. The normalized spacial score (nSPS) is 11.8. The van der Waals surface area contributed by atoms with Crippen LogP contribution in [0.25, 0.3) is 0 Å². The predicted octanol–water partition coefficient (Wildman–Crippen LogP) is 3.40. The molecular weight excluding hydrogens is 310 g/mol. The second-order valence-electron chi connectivity index (χ2n) is 4.03. The predicted molar refractivity (Wildman–Crippen MR) is 79.3 cm³/mol. The number of alkyl halides is 1. The fraction of sp³-hybridized carbons (Fsp3) is 0.429. The molecular formula is C14H18BrNO3. The van der Waals surface area contributed by atoms with Crippen molar-refractivity contribution in [1.29, 1.82) is 0 Å². The third-order valence-corrected chi connectivity index (χ3v) is 2.94. The number of carbonyl (C=O) groups is 2. The molecule has 1 unspecified atom stereocenters. The van der Waals surface area contributed by atoms with Crippen molar-refractivity contribution in [2.75, 3.05) is 11.9 Å². The summed E-state index contributed by atoms with van der Waals surface area (Å²) in [6.07, 6.45) is 0.394. The minimum Gasteiger partial charge on any atom is -0.492 e. The molecule has 0 spiro atoms. The largest absolute Gasteiger partial charge is 0.492 e. The van der Waals surface area contributed by atoms with Gasteiger partial charge in [-0.1, -0.05) is 22.9 Å². The lowest BCUT2D eigenvalue weighted by Crippen LogP contribution is -2.13. The van der Waals surface area contributed by atoms with E-state index in [-0.39, 0.29) is 16.5 Å². The van der Waals surface area contributed by atoms with Gasteiger partial charge in [-0.3, -0.25) is 9.59 Å². The molecule has 1 N–H and O–H groups in total. The molecule has 4 nitrogen and oxygen atoms in total. The Morgan fingerprint density at radius 1 is 1.37 bits per heavy atom. The molecule has 0 saturated carbocycles. The molecule has 19 heavy (non-hydrogen) atoms. The topological polar surface area (TPSA) is 55.4 Å². The van der Waals surface area contributed by atoms with E-state index in [0.717, 1.165) is 0 Å². The van der Waals surface area contributed by atoms with Gasteiger partial charge in [0.1, 0.15) is 5.75 Å². The molecule has 5 heteroatoms. The van der Waals surface area contributed by atoms with Gasteiger partial charge < -0.3 is 10.1 Å². The minimum absolute atomic E-state index is 0.0191. The molecule has 0 aliphatic carbocycles. The number of anilines is 1. The summed E-state index contributed by atoms with van der Waals surface area (Å²) < 4.78 is 5.47. The van der Waals surface area contributed by atoms with E-state index < -0.39 is 0 Å². The van der Waals surface area contributed by atoms with E-state index in [1.165, 1.54) is 0 Å². The van der Waals surface area contributed by atoms with Crippen LogP contribution in [0.4, 0.5) is 5.69 Å². The first kappa shape index (κ1) is 15.7. The van der Waals surface area contributed by atoms with Gasteiger partial charge in [0.05, 0.1) is 17.1 Å². The van der Waals surface area contributed by atoms with Gasteiger partial charge in [-0.2, -0.15) is 0 Å². The van der Waals surface area contributed by atoms with Crippen LogP contribution in [0, 0.1) is 0 Å². The Balaban J connectivity index is 3.07. The molecule has 1 amide bonds. The molecule has 104 valence electrons. The number of Topliss-reactive ketones (excluding diaryl/α,β-unsaturated/α-hetero) is 1. The van der Waals surface area contributed by atoms with Crippen molar-refractivity contribution in [1.82, 2.24) is 0 Å². The Bertz CT molecular complexity index is 472. The van der Waals surface area contributed by atoms with Crippen molar-refractivity contribution in [2.24, 2.45) is 0 Å². The number of benzene rings is 1. The zero-order chi connectivity index (χ0) is 14.4. The first-order valence-corrected chi connectivity index (χ1v) is 7.16. The van der Waals surface area contributed by atoms with E-state index in [2.05, 4.69) is 21.2 Å². The van der Waals surface area contributed by atoms with Crippen molar-refractivity contribution < 1.29 is 14.3 Å². The lowest BCUT2D eigenvalue weighted by Gasteiger charge is -2.13. The highest BCUT2D eigenvalue weighted by molar-refractivity contribution is 9.10. The van der Waals surface area contributed by atoms with Gasteiger partial charge in [-0.25, -0.2) is 0 Å². The highest BCUT2D eigenvalue weighted by Gasteiger charge is 2.15. The molecule has 0 saturated heterocycles. The van der Waals surface area contributed by atoms with Gasteiger partial charge in [-0.05, 0) is 32.0 Å². The third-order valence-electron chi connectivity index (χ3n) is 2.52. The maximum absolute atomic E-state index is 11.9. The fourth-order valence-electron chi connectivity index (χ4n) is 1.52. The van der Waals surface area contributed by atoms with Crippen molar-refractivity contribution in [3.8, 4) is 5.75 Å². The third kappa shape index (κ3) is 4.35. The Hall–Kier alpha value is -1.36. The average Bonchev–Trinajstić information content (AvgIpc) is 2.39. The van der Waals surface area contributed by atoms with Crippen molar-refractivity contribution >= 4 is 33.3 Å². The van der Waals surface area contributed by atoms with Gasteiger partial charge in [0.2, 0.25) is 5.91 Å². The smallest absolute Gasteiger partial charge is 0.224 e. The second-order valence-corrected chi connectivity index (χ2v) is 5.40. The number of ether oxygens (including phenoxy) is 1. The van der Waals surface area contributed by atoms with Crippen LogP contribution in [-0.2, 0) is 4.79 Å². The maximum atomic E-state index is 11.9. The number of carbonyl (C=O) groups excluding carboxylic acids is 2. The zero-order valence-corrected chi connectivity index (χ0v) is 12.9. The first-order chi connectivity index (χ1) is 8.99. The van der Waals surface area contributed by atoms with Gasteiger partial charge >= 0.3 is 0 Å². The molecule has 1 atom stereocenters. The maximum Gasteiger partial charge on any atom is 0.224 e. The van der Waals surface area contributed by atoms with Crippen LogP contribution in [0.3, 0.4) is 0 Å². The summed E-state index contributed by atoms with van der Waals surface area (Å²) in [7, 11) is 0. The molecule has 0 fully saturated rings. The van der Waals surface area contributed by atoms with Crippen LogP contribution in [0.2, 0.25) is 0 Å². The highest BCUT2D eigenvalue weighted by Crippen LogP contribution is 2.27. The SMILES string of the molecule is CCOc1cc(C(=O)C(C)Br)ccc1NC(=O)CC. The Morgan fingerprint density at radius 2 is 2.05 bits per heavy atom. The first-order valence-electron chi connectivity index (χ1n) is 6.24. The Labute approximate surface area is 121 Å². The number of hydrogen-bond acceptors (Lipinski definition) is 3. The van der Waals surface area contributed by atoms with E-state index >= 15 is 0 Å². The monoisotopic (exact) mass is 327 g/mol. The fourth-order valence-corrected chi connectivity index (χ4v) is 1.79. The summed E-state index contributed by atoms with van der Waals surface area (Å²) in [5, 5.41) is 2.75. The van der Waals surface area contributed by atoms with Crippen LogP contribution in [0.15, 0.2) is 18.2 Å². The van der Waals surface area contributed by atoms with E-state index in [0.29, 0.717) is 30.0 Å². The van der Waals surface area contributed by atoms with Crippen LogP contribution in [0.1, 0.15) is 37.6 Å². The highest BCUT2D eigenvalue weighted by atomic mass is 79.9. The van der Waals surface area contributed by atoms with Gasteiger partial charge in [0.25, 0.3) is 0 Å². The molecule has 0 aromatic heterocycles. The number of ketones is 1. The van der Waals surface area contributed by atoms with Crippen molar-refractivity contribution in [3.63, 3.8) is 0 Å². The summed E-state index contributed by atoms with van der Waals surface area (Å²) in [4.78, 5) is 23.1. The van der Waals surface area contributed by atoms with Crippen LogP contribution >= 0.6 is 15.9 Å². The van der Waals surface area contributed by atoms with Crippen molar-refractivity contribution in [3.05, 3.63) is 23.8 Å². The van der Waals surface area contributed by atoms with E-state index in [1.807, 2.05) is 6.92 Å². The number of rotatable bonds is 6. The van der Waals surface area contributed by atoms with E-state index in [4.69, 9.17) is 4.74 Å². The lowest BCUT2D eigenvalue weighted by atomic mass is 10.1. The molecule has 0 aliphatic heterocycles. The van der Waals surface area contributed by atoms with Crippen LogP contribution in [0.5, 0.6) is 5.75 Å². The minimum atomic E-state index is -0.252. The van der Waals surface area contributed by atoms with Gasteiger partial charge in [0.15, 0.2) is 5.78 Å². The summed E-state index contributed by atoms with van der Waals surface area (Å²) >= 11 is 3.25. The molecule has 1 rings (SSSR count). The zero-order valence-electron chi connectivity index (χ0n) is 11.3. The number of nitrogens with one attached hydrogen (secondary N) is 1. The Morgan fingerprint density at radius 3 is 2.58 bits per heavy atom. The van der Waals surface area contributed by atoms with Gasteiger partial charge in [-0.15, -0.1) is 0 Å². The van der Waals surface area contributed by atoms with E-state index in [9.17, 15) is 9.59 Å². The number of hydrogen-bond donors (Lipinski definition) is 1. The summed E-state index contributed by atoms with van der Waals surface area (Å²) in [5.41, 5.74) is 1.15. The molecule has 0 radical (unpaired) electrons. The number of halogens is 1. The lowest BCUT2D eigenvalue weighted by molar-refractivity contribution is -0.115. The average molecular weight is 328 g/mol. The summed E-state index contributed by atoms with van der Waals surface area (Å²) in [5.74, 6) is 0.409. The Kier molecular flexibility index (Phi) is 6.02.